The third kappa shape index (κ3) is 2.55. The molecule has 0 bridgehead atoms. The van der Waals surface area contributed by atoms with Crippen LogP contribution in [0.5, 0.6) is 0 Å². The molecule has 2 atom stereocenters. The summed E-state index contributed by atoms with van der Waals surface area (Å²) in [7, 11) is 1.13. The van der Waals surface area contributed by atoms with Crippen LogP contribution in [0.25, 0.3) is 0 Å². The van der Waals surface area contributed by atoms with E-state index in [9.17, 15) is 9.59 Å². The van der Waals surface area contributed by atoms with E-state index in [0.29, 0.717) is 0 Å². The predicted molar refractivity (Wildman–Crippen MR) is 36.8 cm³/mol. The molecule has 0 aliphatic carbocycles. The van der Waals surface area contributed by atoms with E-state index >= 15 is 0 Å². The summed E-state index contributed by atoms with van der Waals surface area (Å²) in [6.45, 7) is 1.44. The molecule has 5 nitrogen and oxygen atoms in total. The number of nitrogens with two attached hydrogens (primary N) is 1. The number of rotatable bonds is 3. The average molecular weight is 161 g/mol. The molecule has 2 unspecified atom stereocenters. The summed E-state index contributed by atoms with van der Waals surface area (Å²) in [6, 6.07) is -0.736. The second-order valence-electron chi connectivity index (χ2n) is 2.20. The molecule has 0 saturated heterocycles. The number of carboxylic acid groups (broad SMARTS) is 1. The van der Waals surface area contributed by atoms with Crippen molar-refractivity contribution in [3.63, 3.8) is 0 Å². The highest BCUT2D eigenvalue weighted by molar-refractivity contribution is 5.94. The maximum atomic E-state index is 10.7. The second-order valence-corrected chi connectivity index (χ2v) is 2.20. The number of aliphatic carboxylic acids is 1. The third-order valence-corrected chi connectivity index (χ3v) is 1.25. The van der Waals surface area contributed by atoms with Crippen molar-refractivity contribution in [2.75, 3.05) is 7.11 Å². The van der Waals surface area contributed by atoms with Crippen LogP contribution in [-0.4, -0.2) is 30.2 Å². The van der Waals surface area contributed by atoms with Gasteiger partial charge in [-0.05, 0) is 6.92 Å². The van der Waals surface area contributed by atoms with E-state index in [0.717, 1.165) is 7.11 Å². The van der Waals surface area contributed by atoms with E-state index in [2.05, 4.69) is 4.74 Å². The van der Waals surface area contributed by atoms with Gasteiger partial charge in [0.1, 0.15) is 0 Å². The number of ether oxygens (including phenoxy) is 1. The summed E-state index contributed by atoms with van der Waals surface area (Å²) in [5.41, 5.74) is 5.23. The quantitative estimate of drug-likeness (QED) is 0.418. The van der Waals surface area contributed by atoms with Crippen molar-refractivity contribution < 1.29 is 19.4 Å². The monoisotopic (exact) mass is 161 g/mol. The lowest BCUT2D eigenvalue weighted by Crippen LogP contribution is -2.39. The van der Waals surface area contributed by atoms with Gasteiger partial charge in [0, 0.05) is 6.04 Å². The van der Waals surface area contributed by atoms with Crippen molar-refractivity contribution in [1.82, 2.24) is 0 Å². The molecule has 0 rings (SSSR count). The Morgan fingerprint density at radius 1 is 1.55 bits per heavy atom. The molecule has 0 fully saturated rings. The summed E-state index contributed by atoms with van der Waals surface area (Å²) in [4.78, 5) is 21.1. The van der Waals surface area contributed by atoms with Gasteiger partial charge in [0.2, 0.25) is 0 Å². The molecular weight excluding hydrogens is 150 g/mol. The van der Waals surface area contributed by atoms with Crippen molar-refractivity contribution in [2.24, 2.45) is 11.7 Å². The predicted octanol–water partition coefficient (Wildman–Crippen LogP) is -0.793. The summed E-state index contributed by atoms with van der Waals surface area (Å²) in [5.74, 6) is -3.33. The highest BCUT2D eigenvalue weighted by Crippen LogP contribution is 2.03. The number of carbonyl (C=O) groups excluding carboxylic acids is 1. The van der Waals surface area contributed by atoms with Gasteiger partial charge < -0.3 is 15.6 Å². The Balaban J connectivity index is 4.34. The number of methoxy groups -OCH3 is 1. The number of hydrogen-bond donors (Lipinski definition) is 2. The number of carboxylic acids is 1. The van der Waals surface area contributed by atoms with Gasteiger partial charge in [-0.25, -0.2) is 0 Å². The fraction of sp³-hybridized carbons (Fsp3) is 0.667. The first-order valence-corrected chi connectivity index (χ1v) is 3.07. The zero-order chi connectivity index (χ0) is 9.02. The van der Waals surface area contributed by atoms with Crippen LogP contribution in [0, 0.1) is 5.92 Å². The number of hydrogen-bond acceptors (Lipinski definition) is 4. The molecule has 0 aromatic carbocycles. The lowest BCUT2D eigenvalue weighted by atomic mass is 10.0. The van der Waals surface area contributed by atoms with Gasteiger partial charge in [-0.15, -0.1) is 0 Å². The van der Waals surface area contributed by atoms with Gasteiger partial charge in [0.05, 0.1) is 7.11 Å². The molecule has 3 N–H and O–H groups in total. The number of esters is 1. The molecule has 0 aliphatic rings. The van der Waals surface area contributed by atoms with Crippen molar-refractivity contribution >= 4 is 11.9 Å². The van der Waals surface area contributed by atoms with Gasteiger partial charge in [-0.2, -0.15) is 0 Å². The van der Waals surface area contributed by atoms with Crippen LogP contribution in [0.4, 0.5) is 0 Å². The van der Waals surface area contributed by atoms with Gasteiger partial charge in [-0.1, -0.05) is 0 Å². The van der Waals surface area contributed by atoms with Crippen LogP contribution in [-0.2, 0) is 14.3 Å². The van der Waals surface area contributed by atoms with E-state index in [-0.39, 0.29) is 0 Å². The van der Waals surface area contributed by atoms with Crippen molar-refractivity contribution in [1.29, 1.82) is 0 Å². The molecule has 64 valence electrons. The van der Waals surface area contributed by atoms with Crippen LogP contribution >= 0.6 is 0 Å². The van der Waals surface area contributed by atoms with Crippen molar-refractivity contribution in [2.45, 2.75) is 13.0 Å². The molecule has 11 heavy (non-hydrogen) atoms. The molecule has 0 radical (unpaired) electrons. The van der Waals surface area contributed by atoms with Gasteiger partial charge in [-0.3, -0.25) is 9.59 Å². The van der Waals surface area contributed by atoms with E-state index in [1.54, 1.807) is 0 Å². The highest BCUT2D eigenvalue weighted by Gasteiger charge is 2.30. The normalized spacial score (nSPS) is 15.2. The zero-order valence-electron chi connectivity index (χ0n) is 6.40. The summed E-state index contributed by atoms with van der Waals surface area (Å²) in [6.07, 6.45) is 0. The Hall–Kier alpha value is -1.10. The Labute approximate surface area is 64.1 Å². The van der Waals surface area contributed by atoms with Crippen molar-refractivity contribution in [3.8, 4) is 0 Å². The first-order chi connectivity index (χ1) is 5.00. The smallest absolute Gasteiger partial charge is 0.321 e. The van der Waals surface area contributed by atoms with Crippen LogP contribution in [0.1, 0.15) is 6.92 Å². The second kappa shape index (κ2) is 3.92. The van der Waals surface area contributed by atoms with Crippen LogP contribution in [0.15, 0.2) is 0 Å². The minimum atomic E-state index is -1.26. The molecule has 0 aromatic heterocycles. The van der Waals surface area contributed by atoms with E-state index < -0.39 is 23.9 Å². The summed E-state index contributed by atoms with van der Waals surface area (Å²) >= 11 is 0. The minimum Gasteiger partial charge on any atom is -0.481 e. The maximum Gasteiger partial charge on any atom is 0.321 e. The Morgan fingerprint density at radius 2 is 2.00 bits per heavy atom. The van der Waals surface area contributed by atoms with Gasteiger partial charge in [0.25, 0.3) is 0 Å². The minimum absolute atomic E-state index is 0.736. The number of carbonyl (C=O) groups is 2. The molecule has 0 spiro atoms. The first kappa shape index (κ1) is 9.90. The summed E-state index contributed by atoms with van der Waals surface area (Å²) in [5, 5.41) is 8.46. The Bertz CT molecular complexity index is 166. The zero-order valence-corrected chi connectivity index (χ0v) is 6.40. The molecule has 0 aliphatic heterocycles. The lowest BCUT2D eigenvalue weighted by molar-refractivity contribution is -0.157. The molecule has 0 heterocycles. The van der Waals surface area contributed by atoms with Gasteiger partial charge in [0.15, 0.2) is 5.92 Å². The molecule has 0 amide bonds. The maximum absolute atomic E-state index is 10.7. The van der Waals surface area contributed by atoms with Crippen LogP contribution in [0.3, 0.4) is 0 Å². The third-order valence-electron chi connectivity index (χ3n) is 1.25. The van der Waals surface area contributed by atoms with E-state index in [1.165, 1.54) is 6.92 Å². The molecule has 0 saturated carbocycles. The topological polar surface area (TPSA) is 89.6 Å². The fourth-order valence-electron chi connectivity index (χ4n) is 0.667. The Morgan fingerprint density at radius 3 is 2.09 bits per heavy atom. The lowest BCUT2D eigenvalue weighted by Gasteiger charge is -2.12. The molecule has 0 aromatic rings. The average Bonchev–Trinajstić information content (AvgIpc) is 1.85. The van der Waals surface area contributed by atoms with E-state index in [4.69, 9.17) is 10.8 Å². The van der Waals surface area contributed by atoms with Gasteiger partial charge >= 0.3 is 11.9 Å². The Kier molecular flexibility index (Phi) is 3.53. The SMILES string of the molecule is COC(=O)C(C(=O)O)C(C)N. The summed E-state index contributed by atoms with van der Waals surface area (Å²) < 4.78 is 4.24. The highest BCUT2D eigenvalue weighted by atomic mass is 16.5. The van der Waals surface area contributed by atoms with Crippen LogP contribution < -0.4 is 5.73 Å². The molecular formula is C6H11NO4. The molecule has 5 heteroatoms. The fourth-order valence-corrected chi connectivity index (χ4v) is 0.667. The first-order valence-electron chi connectivity index (χ1n) is 3.07. The van der Waals surface area contributed by atoms with Crippen molar-refractivity contribution in [3.05, 3.63) is 0 Å². The standard InChI is InChI=1S/C6H11NO4/c1-3(7)4(5(8)9)6(10)11-2/h3-4H,7H2,1-2H3,(H,8,9). The largest absolute Gasteiger partial charge is 0.481 e. The van der Waals surface area contributed by atoms with E-state index in [1.807, 2.05) is 0 Å². The van der Waals surface area contributed by atoms with Crippen LogP contribution in [0.2, 0.25) is 0 Å².